The highest BCUT2D eigenvalue weighted by Crippen LogP contribution is 2.32. The number of para-hydroxylation sites is 1. The average Bonchev–Trinajstić information content (AvgIpc) is 2.74. The van der Waals surface area contributed by atoms with Gasteiger partial charge in [0.05, 0.1) is 14.7 Å². The third-order valence-electron chi connectivity index (χ3n) is 2.05. The van der Waals surface area contributed by atoms with Gasteiger partial charge < -0.3 is 0 Å². The number of hydrogen-bond acceptors (Lipinski definition) is 5. The summed E-state index contributed by atoms with van der Waals surface area (Å²) in [5.74, 6) is 0. The molecule has 17 heavy (non-hydrogen) atoms. The van der Waals surface area contributed by atoms with Crippen LogP contribution in [0.4, 0.5) is 0 Å². The second-order valence-corrected chi connectivity index (χ2v) is 6.39. The first-order valence-electron chi connectivity index (χ1n) is 4.82. The maximum Gasteiger partial charge on any atom is 0.194 e. The average molecular weight is 324 g/mol. The summed E-state index contributed by atoms with van der Waals surface area (Å²) in [5.41, 5.74) is 1.03. The molecule has 0 unspecified atom stereocenters. The minimum Gasteiger partial charge on any atom is -0.230 e. The standard InChI is InChI=1S/C11H6BrN3S2/c12-7-5-13-10(14-6-7)17-11-15-8-3-1-2-4-9(8)16-11/h1-6H. The molecule has 6 heteroatoms. The second-order valence-electron chi connectivity index (χ2n) is 3.23. The van der Waals surface area contributed by atoms with Gasteiger partial charge in [0, 0.05) is 12.4 Å². The van der Waals surface area contributed by atoms with E-state index in [1.807, 2.05) is 18.2 Å². The quantitative estimate of drug-likeness (QED) is 0.668. The number of fused-ring (bicyclic) bond motifs is 1. The number of benzene rings is 1. The molecule has 0 atom stereocenters. The van der Waals surface area contributed by atoms with Gasteiger partial charge in [-0.05, 0) is 39.8 Å². The summed E-state index contributed by atoms with van der Waals surface area (Å²) < 4.78 is 3.03. The van der Waals surface area contributed by atoms with Crippen LogP contribution in [0.1, 0.15) is 0 Å². The first-order chi connectivity index (χ1) is 8.31. The fraction of sp³-hybridized carbons (Fsp3) is 0. The van der Waals surface area contributed by atoms with Crippen LogP contribution in [0.3, 0.4) is 0 Å². The van der Waals surface area contributed by atoms with Crippen LogP contribution in [0.2, 0.25) is 0 Å². The lowest BCUT2D eigenvalue weighted by molar-refractivity contribution is 0.957. The lowest BCUT2D eigenvalue weighted by Gasteiger charge is -1.94. The van der Waals surface area contributed by atoms with Crippen molar-refractivity contribution in [2.75, 3.05) is 0 Å². The van der Waals surface area contributed by atoms with Gasteiger partial charge in [0.25, 0.3) is 0 Å². The van der Waals surface area contributed by atoms with Crippen molar-refractivity contribution in [3.05, 3.63) is 41.1 Å². The predicted molar refractivity (Wildman–Crippen MR) is 73.5 cm³/mol. The lowest BCUT2D eigenvalue weighted by Crippen LogP contribution is -1.83. The molecule has 2 aromatic heterocycles. The van der Waals surface area contributed by atoms with E-state index in [9.17, 15) is 0 Å². The van der Waals surface area contributed by atoms with Gasteiger partial charge in [-0.25, -0.2) is 15.0 Å². The Labute approximate surface area is 114 Å². The van der Waals surface area contributed by atoms with Gasteiger partial charge in [0.15, 0.2) is 9.50 Å². The topological polar surface area (TPSA) is 38.7 Å². The first kappa shape index (κ1) is 11.1. The zero-order valence-corrected chi connectivity index (χ0v) is 11.7. The molecular weight excluding hydrogens is 318 g/mol. The van der Waals surface area contributed by atoms with Gasteiger partial charge in [-0.1, -0.05) is 12.1 Å². The van der Waals surface area contributed by atoms with Crippen LogP contribution < -0.4 is 0 Å². The van der Waals surface area contributed by atoms with E-state index in [0.717, 1.165) is 14.3 Å². The first-order valence-corrected chi connectivity index (χ1v) is 7.25. The van der Waals surface area contributed by atoms with E-state index in [1.54, 1.807) is 23.7 Å². The minimum absolute atomic E-state index is 0.715. The molecule has 2 heterocycles. The van der Waals surface area contributed by atoms with Crippen LogP contribution in [0.25, 0.3) is 10.2 Å². The highest BCUT2D eigenvalue weighted by Gasteiger charge is 2.06. The maximum atomic E-state index is 4.52. The fourth-order valence-corrected chi connectivity index (χ4v) is 3.40. The molecule has 0 aliphatic carbocycles. The van der Waals surface area contributed by atoms with Gasteiger partial charge in [0.1, 0.15) is 0 Å². The molecule has 3 nitrogen and oxygen atoms in total. The molecule has 0 amide bonds. The monoisotopic (exact) mass is 323 g/mol. The lowest BCUT2D eigenvalue weighted by atomic mass is 10.3. The van der Waals surface area contributed by atoms with Crippen LogP contribution >= 0.6 is 39.0 Å². The normalized spacial score (nSPS) is 10.9. The summed E-state index contributed by atoms with van der Waals surface area (Å²) in [6, 6.07) is 8.09. The Morgan fingerprint density at radius 3 is 2.65 bits per heavy atom. The highest BCUT2D eigenvalue weighted by atomic mass is 79.9. The Bertz CT molecular complexity index is 618. The predicted octanol–water partition coefficient (Wildman–Crippen LogP) is 4.00. The molecule has 0 fully saturated rings. The summed E-state index contributed by atoms with van der Waals surface area (Å²) in [6.45, 7) is 0. The molecule has 0 spiro atoms. The number of aromatic nitrogens is 3. The van der Waals surface area contributed by atoms with E-state index in [2.05, 4.69) is 36.9 Å². The van der Waals surface area contributed by atoms with Gasteiger partial charge in [-0.3, -0.25) is 0 Å². The van der Waals surface area contributed by atoms with E-state index in [4.69, 9.17) is 0 Å². The van der Waals surface area contributed by atoms with Crippen molar-refractivity contribution in [2.45, 2.75) is 9.50 Å². The molecule has 84 valence electrons. The second kappa shape index (κ2) is 4.72. The van der Waals surface area contributed by atoms with Crippen molar-refractivity contribution in [3.8, 4) is 0 Å². The Morgan fingerprint density at radius 1 is 1.12 bits per heavy atom. The SMILES string of the molecule is Brc1cnc(Sc2nc3ccccc3s2)nc1. The molecule has 0 N–H and O–H groups in total. The summed E-state index contributed by atoms with van der Waals surface area (Å²) in [7, 11) is 0. The number of hydrogen-bond donors (Lipinski definition) is 0. The Balaban J connectivity index is 1.92. The van der Waals surface area contributed by atoms with Crippen LogP contribution in [-0.2, 0) is 0 Å². The zero-order valence-electron chi connectivity index (χ0n) is 8.50. The van der Waals surface area contributed by atoms with Crippen molar-refractivity contribution in [3.63, 3.8) is 0 Å². The fourth-order valence-electron chi connectivity index (χ4n) is 1.33. The molecule has 0 radical (unpaired) electrons. The number of rotatable bonds is 2. The Kier molecular flexibility index (Phi) is 3.09. The van der Waals surface area contributed by atoms with Crippen molar-refractivity contribution in [1.29, 1.82) is 0 Å². The summed E-state index contributed by atoms with van der Waals surface area (Å²) >= 11 is 6.45. The molecule has 0 aliphatic heterocycles. The van der Waals surface area contributed by atoms with Gasteiger partial charge in [0.2, 0.25) is 0 Å². The summed E-state index contributed by atoms with van der Waals surface area (Å²) in [5, 5.41) is 0.715. The maximum absolute atomic E-state index is 4.52. The molecule has 0 saturated carbocycles. The van der Waals surface area contributed by atoms with Gasteiger partial charge in [-0.2, -0.15) is 0 Å². The number of thiazole rings is 1. The number of halogens is 1. The van der Waals surface area contributed by atoms with E-state index in [0.29, 0.717) is 5.16 Å². The van der Waals surface area contributed by atoms with Crippen molar-refractivity contribution >= 4 is 49.2 Å². The smallest absolute Gasteiger partial charge is 0.194 e. The summed E-state index contributed by atoms with van der Waals surface area (Å²) in [4.78, 5) is 13.0. The molecule has 0 aliphatic rings. The van der Waals surface area contributed by atoms with Crippen LogP contribution in [0, 0.1) is 0 Å². The summed E-state index contributed by atoms with van der Waals surface area (Å²) in [6.07, 6.45) is 3.48. The van der Waals surface area contributed by atoms with Gasteiger partial charge >= 0.3 is 0 Å². The number of nitrogens with zero attached hydrogens (tertiary/aromatic N) is 3. The van der Waals surface area contributed by atoms with Gasteiger partial charge in [-0.15, -0.1) is 11.3 Å². The third kappa shape index (κ3) is 2.48. The van der Waals surface area contributed by atoms with Crippen LogP contribution in [-0.4, -0.2) is 15.0 Å². The van der Waals surface area contributed by atoms with Crippen LogP contribution in [0.5, 0.6) is 0 Å². The van der Waals surface area contributed by atoms with Crippen molar-refractivity contribution < 1.29 is 0 Å². The molecule has 3 aromatic rings. The van der Waals surface area contributed by atoms with E-state index >= 15 is 0 Å². The Hall–Kier alpha value is -0.980. The van der Waals surface area contributed by atoms with E-state index in [-0.39, 0.29) is 0 Å². The molecule has 1 aromatic carbocycles. The molecule has 0 saturated heterocycles. The van der Waals surface area contributed by atoms with E-state index in [1.165, 1.54) is 16.5 Å². The van der Waals surface area contributed by atoms with E-state index < -0.39 is 0 Å². The highest BCUT2D eigenvalue weighted by molar-refractivity contribution is 9.10. The minimum atomic E-state index is 0.715. The van der Waals surface area contributed by atoms with Crippen molar-refractivity contribution in [1.82, 2.24) is 15.0 Å². The molecular formula is C11H6BrN3S2. The Morgan fingerprint density at radius 2 is 1.88 bits per heavy atom. The molecule has 0 bridgehead atoms. The zero-order chi connectivity index (χ0) is 11.7. The third-order valence-corrected chi connectivity index (χ3v) is 4.45. The van der Waals surface area contributed by atoms with Crippen molar-refractivity contribution in [2.24, 2.45) is 0 Å². The molecule has 3 rings (SSSR count). The van der Waals surface area contributed by atoms with Crippen LogP contribution in [0.15, 0.2) is 50.6 Å². The largest absolute Gasteiger partial charge is 0.230 e.